The zero-order chi connectivity index (χ0) is 16.1. The summed E-state index contributed by atoms with van der Waals surface area (Å²) in [6.45, 7) is 5.59. The molecular formula is C14H18N8S. The Hall–Kier alpha value is -2.55. The Labute approximate surface area is 138 Å². The summed E-state index contributed by atoms with van der Waals surface area (Å²) >= 11 is 1.58. The first-order valence-corrected chi connectivity index (χ1v) is 8.20. The zero-order valence-electron chi connectivity index (χ0n) is 13.0. The van der Waals surface area contributed by atoms with Crippen LogP contribution in [0, 0.1) is 0 Å². The molecule has 9 heteroatoms. The average Bonchev–Trinajstić information content (AvgIpc) is 3.22. The number of para-hydroxylation sites is 1. The lowest BCUT2D eigenvalue weighted by atomic mass is 10.2. The van der Waals surface area contributed by atoms with E-state index in [4.69, 9.17) is 0 Å². The molecular weight excluding hydrogens is 312 g/mol. The highest BCUT2D eigenvalue weighted by Crippen LogP contribution is 2.22. The normalized spacial score (nSPS) is 10.9. The molecule has 3 rings (SSSR count). The molecule has 2 heterocycles. The molecule has 0 saturated heterocycles. The molecule has 0 aliphatic carbocycles. The van der Waals surface area contributed by atoms with E-state index >= 15 is 0 Å². The van der Waals surface area contributed by atoms with Gasteiger partial charge in [-0.2, -0.15) is 4.68 Å². The third-order valence-corrected chi connectivity index (χ3v) is 4.27. The molecule has 1 aromatic carbocycles. The molecule has 0 spiro atoms. The third-order valence-electron chi connectivity index (χ3n) is 3.09. The van der Waals surface area contributed by atoms with Crippen LogP contribution in [0.2, 0.25) is 0 Å². The van der Waals surface area contributed by atoms with Crippen LogP contribution in [0.1, 0.15) is 24.8 Å². The maximum absolute atomic E-state index is 4.15. The molecule has 0 aliphatic heterocycles. The minimum atomic E-state index is 0.400. The van der Waals surface area contributed by atoms with Gasteiger partial charge in [-0.15, -0.1) is 10.2 Å². The Bertz CT molecular complexity index is 736. The lowest BCUT2D eigenvalue weighted by Gasteiger charge is -2.07. The van der Waals surface area contributed by atoms with Gasteiger partial charge in [-0.3, -0.25) is 0 Å². The van der Waals surface area contributed by atoms with Gasteiger partial charge in [-0.05, 0) is 22.6 Å². The summed E-state index contributed by atoms with van der Waals surface area (Å²) in [7, 11) is 0. The Balaban J connectivity index is 1.52. The highest BCUT2D eigenvalue weighted by atomic mass is 32.1. The van der Waals surface area contributed by atoms with Crippen LogP contribution in [0.4, 0.5) is 11.1 Å². The fraction of sp³-hybridized carbons (Fsp3) is 0.357. The third kappa shape index (κ3) is 3.81. The van der Waals surface area contributed by atoms with Crippen LogP contribution < -0.4 is 10.6 Å². The molecule has 2 N–H and O–H groups in total. The van der Waals surface area contributed by atoms with Gasteiger partial charge in [0.1, 0.15) is 5.01 Å². The first kappa shape index (κ1) is 15.3. The van der Waals surface area contributed by atoms with Crippen molar-refractivity contribution in [2.24, 2.45) is 0 Å². The van der Waals surface area contributed by atoms with Crippen molar-refractivity contribution in [1.29, 1.82) is 0 Å². The van der Waals surface area contributed by atoms with E-state index in [1.807, 2.05) is 30.3 Å². The van der Waals surface area contributed by atoms with Gasteiger partial charge in [-0.1, -0.05) is 48.5 Å². The fourth-order valence-electron chi connectivity index (χ4n) is 1.92. The highest BCUT2D eigenvalue weighted by molar-refractivity contribution is 7.15. The topological polar surface area (TPSA) is 93.4 Å². The molecule has 0 radical (unpaired) electrons. The van der Waals surface area contributed by atoms with E-state index in [1.54, 1.807) is 16.0 Å². The lowest BCUT2D eigenvalue weighted by Crippen LogP contribution is -2.16. The molecule has 0 aliphatic rings. The van der Waals surface area contributed by atoms with Gasteiger partial charge >= 0.3 is 0 Å². The Kier molecular flexibility index (Phi) is 4.77. The van der Waals surface area contributed by atoms with E-state index < -0.39 is 0 Å². The van der Waals surface area contributed by atoms with E-state index in [2.05, 4.69) is 50.2 Å². The Morgan fingerprint density at radius 2 is 1.83 bits per heavy atom. The monoisotopic (exact) mass is 330 g/mol. The summed E-state index contributed by atoms with van der Waals surface area (Å²) in [6.07, 6.45) is 0. The van der Waals surface area contributed by atoms with Crippen LogP contribution >= 0.6 is 11.3 Å². The van der Waals surface area contributed by atoms with Gasteiger partial charge in [0.05, 0.1) is 5.69 Å². The van der Waals surface area contributed by atoms with Crippen LogP contribution in [-0.4, -0.2) is 43.5 Å². The van der Waals surface area contributed by atoms with Crippen LogP contribution in [0.15, 0.2) is 30.3 Å². The molecule has 0 atom stereocenters. The van der Waals surface area contributed by atoms with Crippen molar-refractivity contribution in [1.82, 2.24) is 30.4 Å². The number of nitrogens with zero attached hydrogens (tertiary/aromatic N) is 6. The zero-order valence-corrected chi connectivity index (χ0v) is 13.8. The predicted molar refractivity (Wildman–Crippen MR) is 90.1 cm³/mol. The quantitative estimate of drug-likeness (QED) is 0.641. The molecule has 8 nitrogen and oxygen atoms in total. The molecule has 0 fully saturated rings. The molecule has 23 heavy (non-hydrogen) atoms. The maximum atomic E-state index is 4.15. The maximum Gasteiger partial charge on any atom is 0.247 e. The first-order chi connectivity index (χ1) is 11.2. The molecule has 120 valence electrons. The molecule has 3 aromatic rings. The van der Waals surface area contributed by atoms with Crippen molar-refractivity contribution in [2.75, 3.05) is 23.7 Å². The lowest BCUT2D eigenvalue weighted by molar-refractivity contribution is 0.789. The SMILES string of the molecule is CC(C)c1nnc(NCCNc2nnnn2-c2ccccc2)s1. The second-order valence-corrected chi connectivity index (χ2v) is 6.21. The van der Waals surface area contributed by atoms with Gasteiger partial charge in [0, 0.05) is 19.0 Å². The Morgan fingerprint density at radius 3 is 2.57 bits per heavy atom. The number of hydrogen-bond acceptors (Lipinski definition) is 8. The van der Waals surface area contributed by atoms with Crippen LogP contribution in [0.5, 0.6) is 0 Å². The second-order valence-electron chi connectivity index (χ2n) is 5.20. The minimum Gasteiger partial charge on any atom is -0.358 e. The van der Waals surface area contributed by atoms with Gasteiger partial charge in [0.15, 0.2) is 0 Å². The minimum absolute atomic E-state index is 0.400. The summed E-state index contributed by atoms with van der Waals surface area (Å²) in [6, 6.07) is 9.76. The Morgan fingerprint density at radius 1 is 1.04 bits per heavy atom. The summed E-state index contributed by atoms with van der Waals surface area (Å²) in [4.78, 5) is 0. The summed E-state index contributed by atoms with van der Waals surface area (Å²) in [5.74, 6) is 1.01. The second kappa shape index (κ2) is 7.14. The van der Waals surface area contributed by atoms with E-state index in [0.717, 1.165) is 15.8 Å². The van der Waals surface area contributed by atoms with E-state index in [0.29, 0.717) is 25.0 Å². The molecule has 2 aromatic heterocycles. The predicted octanol–water partition coefficient (Wildman–Crippen LogP) is 2.16. The molecule has 0 unspecified atom stereocenters. The first-order valence-electron chi connectivity index (χ1n) is 7.39. The molecule has 0 amide bonds. The highest BCUT2D eigenvalue weighted by Gasteiger charge is 2.08. The van der Waals surface area contributed by atoms with E-state index in [1.165, 1.54) is 0 Å². The molecule has 0 bridgehead atoms. The number of anilines is 2. The van der Waals surface area contributed by atoms with Crippen molar-refractivity contribution in [3.63, 3.8) is 0 Å². The van der Waals surface area contributed by atoms with Crippen molar-refractivity contribution < 1.29 is 0 Å². The summed E-state index contributed by atoms with van der Waals surface area (Å²) < 4.78 is 1.67. The fourth-order valence-corrected chi connectivity index (χ4v) is 2.69. The standard InChI is InChI=1S/C14H18N8S/c1-10(2)12-17-19-14(23-12)16-9-8-15-13-18-20-21-22(13)11-6-4-3-5-7-11/h3-7,10H,8-9H2,1-2H3,(H,16,19)(H,15,18,21). The number of tetrazole rings is 1. The summed E-state index contributed by atoms with van der Waals surface area (Å²) in [5.41, 5.74) is 0.915. The number of aromatic nitrogens is 6. The average molecular weight is 330 g/mol. The largest absolute Gasteiger partial charge is 0.358 e. The van der Waals surface area contributed by atoms with Crippen LogP contribution in [-0.2, 0) is 0 Å². The summed E-state index contributed by atoms with van der Waals surface area (Å²) in [5, 5.41) is 28.3. The van der Waals surface area contributed by atoms with E-state index in [9.17, 15) is 0 Å². The number of benzene rings is 1. The number of hydrogen-bond donors (Lipinski definition) is 2. The van der Waals surface area contributed by atoms with Crippen LogP contribution in [0.25, 0.3) is 5.69 Å². The van der Waals surface area contributed by atoms with Crippen molar-refractivity contribution in [3.05, 3.63) is 35.3 Å². The van der Waals surface area contributed by atoms with Crippen molar-refractivity contribution >= 4 is 22.4 Å². The van der Waals surface area contributed by atoms with Crippen molar-refractivity contribution in [3.8, 4) is 5.69 Å². The smallest absolute Gasteiger partial charge is 0.247 e. The van der Waals surface area contributed by atoms with Crippen molar-refractivity contribution in [2.45, 2.75) is 19.8 Å². The van der Waals surface area contributed by atoms with Gasteiger partial charge in [0.2, 0.25) is 11.1 Å². The van der Waals surface area contributed by atoms with E-state index in [-0.39, 0.29) is 0 Å². The van der Waals surface area contributed by atoms with Gasteiger partial charge < -0.3 is 10.6 Å². The van der Waals surface area contributed by atoms with Gasteiger partial charge in [-0.25, -0.2) is 0 Å². The number of nitrogens with one attached hydrogen (secondary N) is 2. The van der Waals surface area contributed by atoms with Crippen LogP contribution in [0.3, 0.4) is 0 Å². The van der Waals surface area contributed by atoms with Gasteiger partial charge in [0.25, 0.3) is 0 Å². The molecule has 0 saturated carbocycles. The number of rotatable bonds is 7.